The molecule has 2 rings (SSSR count). The highest BCUT2D eigenvalue weighted by Gasteiger charge is 2.07. The first-order chi connectivity index (χ1) is 8.24. The van der Waals surface area contributed by atoms with Gasteiger partial charge in [-0.05, 0) is 23.8 Å². The molecular weight excluding hydrogens is 216 g/mol. The van der Waals surface area contributed by atoms with Crippen LogP contribution in [0.3, 0.4) is 0 Å². The molecule has 0 bridgehead atoms. The van der Waals surface area contributed by atoms with E-state index in [1.54, 1.807) is 37.6 Å². The number of aromatic nitrogens is 1. The van der Waals surface area contributed by atoms with E-state index in [-0.39, 0.29) is 5.75 Å². The Hall–Kier alpha value is -2.07. The summed E-state index contributed by atoms with van der Waals surface area (Å²) < 4.78 is 5.13. The van der Waals surface area contributed by atoms with Gasteiger partial charge in [0, 0.05) is 24.4 Å². The molecule has 17 heavy (non-hydrogen) atoms. The Kier molecular flexibility index (Phi) is 3.25. The number of aromatic hydroxyl groups is 1. The second kappa shape index (κ2) is 4.84. The lowest BCUT2D eigenvalue weighted by Crippen LogP contribution is -1.96. The molecule has 0 amide bonds. The van der Waals surface area contributed by atoms with Crippen LogP contribution in [0.5, 0.6) is 11.5 Å². The summed E-state index contributed by atoms with van der Waals surface area (Å²) in [4.78, 5) is 4.21. The van der Waals surface area contributed by atoms with Crippen molar-refractivity contribution in [3.05, 3.63) is 42.1 Å². The van der Waals surface area contributed by atoms with Gasteiger partial charge in [-0.3, -0.25) is 4.98 Å². The molecule has 0 spiro atoms. The summed E-state index contributed by atoms with van der Waals surface area (Å²) in [5.74, 6) is 0.885. The molecule has 1 heterocycles. The van der Waals surface area contributed by atoms with Gasteiger partial charge in [0.05, 0.1) is 12.8 Å². The van der Waals surface area contributed by atoms with Crippen LogP contribution in [0.25, 0.3) is 11.3 Å². The molecule has 4 heteroatoms. The molecule has 0 unspecified atom stereocenters. The number of phenols is 1. The third-order valence-corrected chi connectivity index (χ3v) is 2.54. The summed E-state index contributed by atoms with van der Waals surface area (Å²) in [6, 6.07) is 8.78. The van der Waals surface area contributed by atoms with E-state index in [0.29, 0.717) is 23.6 Å². The third-order valence-electron chi connectivity index (χ3n) is 2.54. The van der Waals surface area contributed by atoms with E-state index < -0.39 is 0 Å². The maximum absolute atomic E-state index is 9.83. The molecule has 1 aromatic heterocycles. The molecule has 3 N–H and O–H groups in total. The maximum Gasteiger partial charge on any atom is 0.124 e. The molecule has 0 aliphatic heterocycles. The van der Waals surface area contributed by atoms with Crippen molar-refractivity contribution < 1.29 is 9.84 Å². The highest BCUT2D eigenvalue weighted by atomic mass is 16.5. The SMILES string of the molecule is COc1ccnc(-c2cc(CN)ccc2O)c1. The smallest absolute Gasteiger partial charge is 0.124 e. The number of nitrogens with zero attached hydrogens (tertiary/aromatic N) is 1. The van der Waals surface area contributed by atoms with Crippen molar-refractivity contribution in [3.63, 3.8) is 0 Å². The van der Waals surface area contributed by atoms with Crippen LogP contribution in [0.1, 0.15) is 5.56 Å². The summed E-state index contributed by atoms with van der Waals surface area (Å²) >= 11 is 0. The Morgan fingerprint density at radius 1 is 1.29 bits per heavy atom. The zero-order valence-electron chi connectivity index (χ0n) is 9.55. The number of nitrogens with two attached hydrogens (primary N) is 1. The van der Waals surface area contributed by atoms with Crippen LogP contribution in [0.4, 0.5) is 0 Å². The first-order valence-corrected chi connectivity index (χ1v) is 5.27. The average Bonchev–Trinajstić information content (AvgIpc) is 2.39. The van der Waals surface area contributed by atoms with Crippen LogP contribution in [0, 0.1) is 0 Å². The van der Waals surface area contributed by atoms with Crippen molar-refractivity contribution in [3.8, 4) is 22.8 Å². The second-order valence-corrected chi connectivity index (χ2v) is 3.64. The molecule has 4 nitrogen and oxygen atoms in total. The number of benzene rings is 1. The van der Waals surface area contributed by atoms with Crippen LogP contribution in [-0.2, 0) is 6.54 Å². The van der Waals surface area contributed by atoms with Crippen LogP contribution in [0.15, 0.2) is 36.5 Å². The van der Waals surface area contributed by atoms with Crippen molar-refractivity contribution in [2.45, 2.75) is 6.54 Å². The van der Waals surface area contributed by atoms with E-state index in [2.05, 4.69) is 4.98 Å². The maximum atomic E-state index is 9.83. The van der Waals surface area contributed by atoms with Crippen LogP contribution >= 0.6 is 0 Å². The molecule has 0 aliphatic rings. The molecule has 0 aliphatic carbocycles. The van der Waals surface area contributed by atoms with Crippen molar-refractivity contribution in [2.75, 3.05) is 7.11 Å². The molecule has 0 saturated heterocycles. The predicted octanol–water partition coefficient (Wildman–Crippen LogP) is 1.92. The second-order valence-electron chi connectivity index (χ2n) is 3.64. The molecule has 0 atom stereocenters. The molecular formula is C13H14N2O2. The third kappa shape index (κ3) is 2.37. The van der Waals surface area contributed by atoms with Gasteiger partial charge < -0.3 is 15.6 Å². The topological polar surface area (TPSA) is 68.4 Å². The van der Waals surface area contributed by atoms with E-state index in [9.17, 15) is 5.11 Å². The van der Waals surface area contributed by atoms with Gasteiger partial charge in [0.15, 0.2) is 0 Å². The molecule has 0 saturated carbocycles. The highest BCUT2D eigenvalue weighted by Crippen LogP contribution is 2.30. The fraction of sp³-hybridized carbons (Fsp3) is 0.154. The minimum atomic E-state index is 0.183. The van der Waals surface area contributed by atoms with Crippen molar-refractivity contribution in [2.24, 2.45) is 5.73 Å². The predicted molar refractivity (Wildman–Crippen MR) is 65.8 cm³/mol. The Morgan fingerprint density at radius 3 is 2.82 bits per heavy atom. The summed E-state index contributed by atoms with van der Waals surface area (Å²) in [6.07, 6.45) is 1.64. The Balaban J connectivity index is 2.50. The normalized spacial score (nSPS) is 10.2. The number of hydrogen-bond acceptors (Lipinski definition) is 4. The lowest BCUT2D eigenvalue weighted by molar-refractivity contribution is 0.414. The number of phenolic OH excluding ortho intramolecular Hbond substituents is 1. The first kappa shape index (κ1) is 11.4. The number of ether oxygens (including phenoxy) is 1. The quantitative estimate of drug-likeness (QED) is 0.845. The lowest BCUT2D eigenvalue weighted by Gasteiger charge is -2.07. The van der Waals surface area contributed by atoms with Crippen LogP contribution in [-0.4, -0.2) is 17.2 Å². The van der Waals surface area contributed by atoms with Crippen molar-refractivity contribution in [1.82, 2.24) is 4.98 Å². The van der Waals surface area contributed by atoms with Crippen molar-refractivity contribution >= 4 is 0 Å². The summed E-state index contributed by atoms with van der Waals surface area (Å²) in [6.45, 7) is 0.428. The largest absolute Gasteiger partial charge is 0.507 e. The Labute approximate surface area is 99.7 Å². The Morgan fingerprint density at radius 2 is 2.12 bits per heavy atom. The van der Waals surface area contributed by atoms with Gasteiger partial charge in [0.2, 0.25) is 0 Å². The molecule has 2 aromatic rings. The van der Waals surface area contributed by atoms with Gasteiger partial charge in [-0.25, -0.2) is 0 Å². The van der Waals surface area contributed by atoms with E-state index in [0.717, 1.165) is 5.56 Å². The van der Waals surface area contributed by atoms with Gasteiger partial charge in [-0.15, -0.1) is 0 Å². The minimum Gasteiger partial charge on any atom is -0.507 e. The molecule has 0 radical (unpaired) electrons. The van der Waals surface area contributed by atoms with Crippen LogP contribution < -0.4 is 10.5 Å². The van der Waals surface area contributed by atoms with E-state index >= 15 is 0 Å². The fourth-order valence-corrected chi connectivity index (χ4v) is 1.60. The first-order valence-electron chi connectivity index (χ1n) is 5.27. The molecule has 0 fully saturated rings. The van der Waals surface area contributed by atoms with Gasteiger partial charge in [-0.1, -0.05) is 6.07 Å². The van der Waals surface area contributed by atoms with Crippen LogP contribution in [0.2, 0.25) is 0 Å². The monoisotopic (exact) mass is 230 g/mol. The number of methoxy groups -OCH3 is 1. The van der Waals surface area contributed by atoms with Gasteiger partial charge in [0.25, 0.3) is 0 Å². The number of pyridine rings is 1. The number of hydrogen-bond donors (Lipinski definition) is 2. The fourth-order valence-electron chi connectivity index (χ4n) is 1.60. The van der Waals surface area contributed by atoms with Gasteiger partial charge >= 0.3 is 0 Å². The van der Waals surface area contributed by atoms with E-state index in [4.69, 9.17) is 10.5 Å². The highest BCUT2D eigenvalue weighted by molar-refractivity contribution is 5.68. The average molecular weight is 230 g/mol. The molecule has 88 valence electrons. The summed E-state index contributed by atoms with van der Waals surface area (Å²) in [7, 11) is 1.59. The lowest BCUT2D eigenvalue weighted by atomic mass is 10.1. The standard InChI is InChI=1S/C13H14N2O2/c1-17-10-4-5-15-12(7-10)11-6-9(8-14)2-3-13(11)16/h2-7,16H,8,14H2,1H3. The summed E-state index contributed by atoms with van der Waals surface area (Å²) in [5.41, 5.74) is 7.85. The van der Waals surface area contributed by atoms with Gasteiger partial charge in [-0.2, -0.15) is 0 Å². The zero-order chi connectivity index (χ0) is 12.3. The zero-order valence-corrected chi connectivity index (χ0v) is 9.55. The number of rotatable bonds is 3. The molecule has 1 aromatic carbocycles. The minimum absolute atomic E-state index is 0.183. The Bertz CT molecular complexity index is 527. The summed E-state index contributed by atoms with van der Waals surface area (Å²) in [5, 5.41) is 9.83. The van der Waals surface area contributed by atoms with E-state index in [1.165, 1.54) is 0 Å². The van der Waals surface area contributed by atoms with Gasteiger partial charge in [0.1, 0.15) is 11.5 Å². The van der Waals surface area contributed by atoms with Crippen molar-refractivity contribution in [1.29, 1.82) is 0 Å². The van der Waals surface area contributed by atoms with E-state index in [1.807, 2.05) is 6.07 Å².